The fourth-order valence-corrected chi connectivity index (χ4v) is 1.56. The topological polar surface area (TPSA) is 79.1 Å². The summed E-state index contributed by atoms with van der Waals surface area (Å²) in [5, 5.41) is 18.9. The number of rotatable bonds is 6. The van der Waals surface area contributed by atoms with Crippen LogP contribution in [0.1, 0.15) is 19.4 Å². The Labute approximate surface area is 134 Å². The van der Waals surface area contributed by atoms with Crippen molar-refractivity contribution in [2.45, 2.75) is 19.9 Å². The van der Waals surface area contributed by atoms with E-state index in [2.05, 4.69) is 9.73 Å². The van der Waals surface area contributed by atoms with E-state index < -0.39 is 52.2 Å². The molecule has 0 fully saturated rings. The standard InChI is InChI=1S/C15H15F4NO4/c1-3-24-15(23)9(5-20-7(2)6-21)14(22)8-4-10(16)12(18)13(19)11(8)17/h4-5,7,21-22H,3,6H2,1-2H3/b14-9+,20-5?. The molecule has 24 heavy (non-hydrogen) atoms. The van der Waals surface area contributed by atoms with Crippen molar-refractivity contribution in [3.05, 3.63) is 40.5 Å². The van der Waals surface area contributed by atoms with Crippen molar-refractivity contribution < 1.29 is 37.3 Å². The molecule has 1 rings (SSSR count). The molecule has 0 saturated heterocycles. The van der Waals surface area contributed by atoms with Gasteiger partial charge in [0, 0.05) is 6.21 Å². The first-order chi connectivity index (χ1) is 11.2. The van der Waals surface area contributed by atoms with E-state index in [0.717, 1.165) is 6.21 Å². The molecule has 2 N–H and O–H groups in total. The predicted molar refractivity (Wildman–Crippen MR) is 77.5 cm³/mol. The Hall–Kier alpha value is -2.42. The number of carbonyl (C=O) groups excluding carboxylic acids is 1. The third kappa shape index (κ3) is 4.31. The van der Waals surface area contributed by atoms with Gasteiger partial charge < -0.3 is 14.9 Å². The molecular weight excluding hydrogens is 334 g/mol. The van der Waals surface area contributed by atoms with Crippen LogP contribution in [0.25, 0.3) is 5.76 Å². The van der Waals surface area contributed by atoms with Gasteiger partial charge in [0.15, 0.2) is 23.3 Å². The molecule has 0 saturated carbocycles. The van der Waals surface area contributed by atoms with Gasteiger partial charge in [0.1, 0.15) is 11.3 Å². The van der Waals surface area contributed by atoms with Crippen LogP contribution in [0, 0.1) is 23.3 Å². The summed E-state index contributed by atoms with van der Waals surface area (Å²) in [6.07, 6.45) is 0.771. The molecule has 0 amide bonds. The second-order valence-corrected chi connectivity index (χ2v) is 4.64. The minimum Gasteiger partial charge on any atom is -0.506 e. The molecular formula is C15H15F4NO4. The minimum atomic E-state index is -2.14. The Balaban J connectivity index is 3.53. The zero-order chi connectivity index (χ0) is 18.4. The van der Waals surface area contributed by atoms with Crippen molar-refractivity contribution in [2.75, 3.05) is 13.2 Å². The second kappa shape index (κ2) is 8.44. The number of hydrogen-bond acceptors (Lipinski definition) is 5. The number of aliphatic imine (C=N–C) groups is 1. The third-order valence-corrected chi connectivity index (χ3v) is 2.83. The Morgan fingerprint density at radius 1 is 1.29 bits per heavy atom. The number of aliphatic hydroxyl groups excluding tert-OH is 2. The number of carbonyl (C=O) groups is 1. The summed E-state index contributed by atoms with van der Waals surface area (Å²) in [5.74, 6) is -10.1. The Morgan fingerprint density at radius 3 is 2.46 bits per heavy atom. The van der Waals surface area contributed by atoms with Gasteiger partial charge >= 0.3 is 5.97 Å². The van der Waals surface area contributed by atoms with E-state index in [1.165, 1.54) is 13.8 Å². The number of aliphatic hydroxyl groups is 2. The van der Waals surface area contributed by atoms with Gasteiger partial charge in [-0.25, -0.2) is 22.4 Å². The number of benzene rings is 1. The van der Waals surface area contributed by atoms with Crippen molar-refractivity contribution >= 4 is 17.9 Å². The molecule has 0 heterocycles. The molecule has 1 aromatic carbocycles. The summed E-state index contributed by atoms with van der Waals surface area (Å²) in [4.78, 5) is 15.5. The highest BCUT2D eigenvalue weighted by Gasteiger charge is 2.25. The van der Waals surface area contributed by atoms with Crippen LogP contribution in [0.5, 0.6) is 0 Å². The van der Waals surface area contributed by atoms with Gasteiger partial charge in [-0.3, -0.25) is 4.99 Å². The molecule has 0 bridgehead atoms. The highest BCUT2D eigenvalue weighted by atomic mass is 19.2. The molecule has 0 aromatic heterocycles. The van der Waals surface area contributed by atoms with E-state index in [1.807, 2.05) is 0 Å². The van der Waals surface area contributed by atoms with Crippen molar-refractivity contribution in [3.63, 3.8) is 0 Å². The Kier molecular flexibility index (Phi) is 6.90. The quantitative estimate of drug-likeness (QED) is 0.157. The molecule has 0 radical (unpaired) electrons. The van der Waals surface area contributed by atoms with Crippen LogP contribution < -0.4 is 0 Å². The van der Waals surface area contributed by atoms with Crippen LogP contribution in [-0.2, 0) is 9.53 Å². The molecule has 1 aromatic rings. The molecule has 132 valence electrons. The zero-order valence-corrected chi connectivity index (χ0v) is 12.8. The SMILES string of the molecule is CCOC(=O)/C(C=NC(C)CO)=C(/O)c1cc(F)c(F)c(F)c1F. The zero-order valence-electron chi connectivity index (χ0n) is 12.8. The molecule has 9 heteroatoms. The van der Waals surface area contributed by atoms with Gasteiger partial charge in [-0.1, -0.05) is 0 Å². The van der Waals surface area contributed by atoms with Crippen LogP contribution in [-0.4, -0.2) is 41.7 Å². The summed E-state index contributed by atoms with van der Waals surface area (Å²) in [5.41, 5.74) is -1.78. The molecule has 5 nitrogen and oxygen atoms in total. The first kappa shape index (κ1) is 19.6. The number of nitrogens with zero attached hydrogens (tertiary/aromatic N) is 1. The highest BCUT2D eigenvalue weighted by molar-refractivity contribution is 6.15. The lowest BCUT2D eigenvalue weighted by atomic mass is 10.1. The number of hydrogen-bond donors (Lipinski definition) is 2. The molecule has 1 atom stereocenters. The highest BCUT2D eigenvalue weighted by Crippen LogP contribution is 2.25. The third-order valence-electron chi connectivity index (χ3n) is 2.83. The van der Waals surface area contributed by atoms with Crippen molar-refractivity contribution in [1.82, 2.24) is 0 Å². The number of ether oxygens (including phenoxy) is 1. The van der Waals surface area contributed by atoms with Crippen molar-refractivity contribution in [3.8, 4) is 0 Å². The molecule has 1 unspecified atom stereocenters. The van der Waals surface area contributed by atoms with Crippen LogP contribution in [0.3, 0.4) is 0 Å². The average molecular weight is 349 g/mol. The van der Waals surface area contributed by atoms with E-state index in [0.29, 0.717) is 0 Å². The monoisotopic (exact) mass is 349 g/mol. The maximum Gasteiger partial charge on any atom is 0.343 e. The largest absolute Gasteiger partial charge is 0.506 e. The van der Waals surface area contributed by atoms with Gasteiger partial charge in [-0.15, -0.1) is 0 Å². The van der Waals surface area contributed by atoms with Crippen molar-refractivity contribution in [1.29, 1.82) is 0 Å². The number of halogens is 4. The van der Waals surface area contributed by atoms with Gasteiger partial charge in [0.2, 0.25) is 0 Å². The fraction of sp³-hybridized carbons (Fsp3) is 0.333. The maximum absolute atomic E-state index is 13.8. The summed E-state index contributed by atoms with van der Waals surface area (Å²) in [6.45, 7) is 2.43. The van der Waals surface area contributed by atoms with E-state index in [4.69, 9.17) is 5.11 Å². The predicted octanol–water partition coefficient (Wildman–Crippen LogP) is 2.53. The lowest BCUT2D eigenvalue weighted by molar-refractivity contribution is -0.137. The normalized spacial score (nSPS) is 13.8. The molecule has 0 aliphatic carbocycles. The van der Waals surface area contributed by atoms with E-state index >= 15 is 0 Å². The van der Waals surface area contributed by atoms with Crippen molar-refractivity contribution in [2.24, 2.45) is 4.99 Å². The number of esters is 1. The Bertz CT molecular complexity index is 689. The van der Waals surface area contributed by atoms with E-state index in [9.17, 15) is 27.5 Å². The van der Waals surface area contributed by atoms with Gasteiger partial charge in [-0.05, 0) is 19.9 Å². The lowest BCUT2D eigenvalue weighted by Crippen LogP contribution is -2.14. The summed E-state index contributed by atoms with van der Waals surface area (Å²) >= 11 is 0. The van der Waals surface area contributed by atoms with Gasteiger partial charge in [-0.2, -0.15) is 0 Å². The van der Waals surface area contributed by atoms with Gasteiger partial charge in [0.05, 0.1) is 24.8 Å². The average Bonchev–Trinajstić information content (AvgIpc) is 2.56. The molecule has 0 aliphatic heterocycles. The smallest absolute Gasteiger partial charge is 0.343 e. The van der Waals surface area contributed by atoms with Crippen LogP contribution in [0.4, 0.5) is 17.6 Å². The Morgan fingerprint density at radius 2 is 1.92 bits per heavy atom. The first-order valence-electron chi connectivity index (χ1n) is 6.82. The molecule has 0 spiro atoms. The summed E-state index contributed by atoms with van der Waals surface area (Å²) < 4.78 is 57.9. The summed E-state index contributed by atoms with van der Waals surface area (Å²) in [6, 6.07) is -0.472. The lowest BCUT2D eigenvalue weighted by Gasteiger charge is -2.09. The summed E-state index contributed by atoms with van der Waals surface area (Å²) in [7, 11) is 0. The second-order valence-electron chi connectivity index (χ2n) is 4.64. The minimum absolute atomic E-state index is 0.104. The first-order valence-corrected chi connectivity index (χ1v) is 6.82. The van der Waals surface area contributed by atoms with Crippen LogP contribution >= 0.6 is 0 Å². The van der Waals surface area contributed by atoms with Crippen LogP contribution in [0.15, 0.2) is 16.6 Å². The maximum atomic E-state index is 13.8. The van der Waals surface area contributed by atoms with E-state index in [1.54, 1.807) is 0 Å². The fourth-order valence-electron chi connectivity index (χ4n) is 1.56. The molecule has 0 aliphatic rings. The van der Waals surface area contributed by atoms with E-state index in [-0.39, 0.29) is 19.3 Å². The van der Waals surface area contributed by atoms with Crippen LogP contribution in [0.2, 0.25) is 0 Å². The van der Waals surface area contributed by atoms with Gasteiger partial charge in [0.25, 0.3) is 0 Å².